The number of rotatable bonds is 6. The van der Waals surface area contributed by atoms with Crippen molar-refractivity contribution in [3.8, 4) is 11.3 Å². The lowest BCUT2D eigenvalue weighted by Gasteiger charge is -2.16. The third-order valence-electron chi connectivity index (χ3n) is 4.56. The molecule has 0 amide bonds. The predicted octanol–water partition coefficient (Wildman–Crippen LogP) is 5.36. The summed E-state index contributed by atoms with van der Waals surface area (Å²) in [6.45, 7) is -0.0625. The molecule has 144 valence electrons. The van der Waals surface area contributed by atoms with E-state index < -0.39 is 17.7 Å². The van der Waals surface area contributed by atoms with Crippen LogP contribution < -0.4 is 0 Å². The molecule has 3 aromatic carbocycles. The van der Waals surface area contributed by atoms with Gasteiger partial charge in [-0.3, -0.25) is 4.79 Å². The number of benzene rings is 3. The van der Waals surface area contributed by atoms with E-state index in [2.05, 4.69) is 5.16 Å². The standard InChI is InChI=1S/C24H18FNO3/c25-21-14-8-7-13-20(21)22-15-19(26-29-22)16-28-24(27)23(17-9-3-1-4-10-17)18-11-5-2-6-12-18/h1-15,23H,16H2. The summed E-state index contributed by atoms with van der Waals surface area (Å²) >= 11 is 0. The average Bonchev–Trinajstić information content (AvgIpc) is 3.23. The second-order valence-corrected chi connectivity index (χ2v) is 6.52. The summed E-state index contributed by atoms with van der Waals surface area (Å²) in [5.41, 5.74) is 2.41. The van der Waals surface area contributed by atoms with Gasteiger partial charge in [0.15, 0.2) is 5.76 Å². The van der Waals surface area contributed by atoms with Crippen LogP contribution in [0.5, 0.6) is 0 Å². The third-order valence-corrected chi connectivity index (χ3v) is 4.56. The van der Waals surface area contributed by atoms with E-state index in [1.165, 1.54) is 6.07 Å². The number of hydrogen-bond donors (Lipinski definition) is 0. The second-order valence-electron chi connectivity index (χ2n) is 6.52. The molecule has 0 saturated carbocycles. The Hall–Kier alpha value is -3.73. The molecule has 0 N–H and O–H groups in total. The highest BCUT2D eigenvalue weighted by atomic mass is 19.1. The van der Waals surface area contributed by atoms with Gasteiger partial charge in [0, 0.05) is 6.07 Å². The molecule has 5 heteroatoms. The number of nitrogens with zero attached hydrogens (tertiary/aromatic N) is 1. The van der Waals surface area contributed by atoms with Crippen LogP contribution in [0, 0.1) is 5.82 Å². The molecule has 1 heterocycles. The Kier molecular flexibility index (Phi) is 5.47. The van der Waals surface area contributed by atoms with Crippen LogP contribution in [-0.2, 0) is 16.1 Å². The van der Waals surface area contributed by atoms with Crippen LogP contribution in [-0.4, -0.2) is 11.1 Å². The maximum atomic E-state index is 13.9. The summed E-state index contributed by atoms with van der Waals surface area (Å²) in [5, 5.41) is 3.89. The van der Waals surface area contributed by atoms with E-state index in [0.717, 1.165) is 11.1 Å². The Morgan fingerprint density at radius 3 is 2.10 bits per heavy atom. The predicted molar refractivity (Wildman–Crippen MR) is 106 cm³/mol. The lowest BCUT2D eigenvalue weighted by atomic mass is 9.91. The van der Waals surface area contributed by atoms with Gasteiger partial charge < -0.3 is 9.26 Å². The minimum Gasteiger partial charge on any atom is -0.458 e. The van der Waals surface area contributed by atoms with Crippen LogP contribution in [0.2, 0.25) is 0 Å². The topological polar surface area (TPSA) is 52.3 Å². The number of ether oxygens (including phenoxy) is 1. The van der Waals surface area contributed by atoms with Crippen molar-refractivity contribution in [1.29, 1.82) is 0 Å². The normalized spacial score (nSPS) is 10.8. The molecule has 29 heavy (non-hydrogen) atoms. The number of aromatic nitrogens is 1. The molecule has 1 aromatic heterocycles. The monoisotopic (exact) mass is 387 g/mol. The van der Waals surface area contributed by atoms with E-state index in [1.807, 2.05) is 60.7 Å². The number of halogens is 1. The molecule has 4 rings (SSSR count). The summed E-state index contributed by atoms with van der Waals surface area (Å²) in [6, 6.07) is 26.8. The zero-order chi connectivity index (χ0) is 20.1. The second kappa shape index (κ2) is 8.52. The lowest BCUT2D eigenvalue weighted by Crippen LogP contribution is -2.17. The van der Waals surface area contributed by atoms with Crippen LogP contribution in [0.25, 0.3) is 11.3 Å². The summed E-state index contributed by atoms with van der Waals surface area (Å²) in [5.74, 6) is -1.05. The van der Waals surface area contributed by atoms with Gasteiger partial charge >= 0.3 is 5.97 Å². The quantitative estimate of drug-likeness (QED) is 0.418. The van der Waals surface area contributed by atoms with Crippen molar-refractivity contribution in [2.24, 2.45) is 0 Å². The van der Waals surface area contributed by atoms with Crippen LogP contribution in [0.15, 0.2) is 95.5 Å². The molecule has 0 aliphatic carbocycles. The minimum atomic E-state index is -0.546. The van der Waals surface area contributed by atoms with Gasteiger partial charge in [0.2, 0.25) is 0 Å². The number of esters is 1. The van der Waals surface area contributed by atoms with E-state index in [4.69, 9.17) is 9.26 Å². The maximum Gasteiger partial charge on any atom is 0.318 e. The first-order valence-corrected chi connectivity index (χ1v) is 9.19. The molecular formula is C24H18FNO3. The van der Waals surface area contributed by atoms with Crippen LogP contribution in [0.3, 0.4) is 0 Å². The van der Waals surface area contributed by atoms with Crippen LogP contribution in [0.4, 0.5) is 4.39 Å². The minimum absolute atomic E-state index is 0.0625. The highest BCUT2D eigenvalue weighted by molar-refractivity contribution is 5.82. The SMILES string of the molecule is O=C(OCc1cc(-c2ccccc2F)on1)C(c1ccccc1)c1ccccc1. The molecule has 0 aliphatic heterocycles. The Morgan fingerprint density at radius 2 is 1.48 bits per heavy atom. The first-order valence-electron chi connectivity index (χ1n) is 9.19. The van der Waals surface area contributed by atoms with E-state index in [1.54, 1.807) is 24.3 Å². The first-order chi connectivity index (χ1) is 14.2. The van der Waals surface area contributed by atoms with Gasteiger partial charge in [-0.25, -0.2) is 4.39 Å². The third kappa shape index (κ3) is 4.24. The largest absolute Gasteiger partial charge is 0.458 e. The molecule has 0 radical (unpaired) electrons. The Labute approximate surface area is 167 Å². The smallest absolute Gasteiger partial charge is 0.318 e. The van der Waals surface area contributed by atoms with Gasteiger partial charge in [0.05, 0.1) is 5.56 Å². The van der Waals surface area contributed by atoms with E-state index in [-0.39, 0.29) is 12.4 Å². The first kappa shape index (κ1) is 18.6. The fourth-order valence-electron chi connectivity index (χ4n) is 3.15. The van der Waals surface area contributed by atoms with E-state index >= 15 is 0 Å². The number of carbonyl (C=O) groups excluding carboxylic acids is 1. The van der Waals surface area contributed by atoms with Gasteiger partial charge in [-0.05, 0) is 23.3 Å². The van der Waals surface area contributed by atoms with Crippen molar-refractivity contribution in [2.75, 3.05) is 0 Å². The van der Waals surface area contributed by atoms with Gasteiger partial charge in [-0.15, -0.1) is 0 Å². The molecule has 0 fully saturated rings. The lowest BCUT2D eigenvalue weighted by molar-refractivity contribution is -0.145. The van der Waals surface area contributed by atoms with Gasteiger partial charge in [-0.2, -0.15) is 0 Å². The van der Waals surface area contributed by atoms with Crippen molar-refractivity contribution < 1.29 is 18.4 Å². The highest BCUT2D eigenvalue weighted by Gasteiger charge is 2.24. The highest BCUT2D eigenvalue weighted by Crippen LogP contribution is 2.27. The Balaban J connectivity index is 1.51. The van der Waals surface area contributed by atoms with Crippen LogP contribution in [0.1, 0.15) is 22.7 Å². The van der Waals surface area contributed by atoms with Crippen molar-refractivity contribution in [3.05, 3.63) is 114 Å². The summed E-state index contributed by atoms with van der Waals surface area (Å²) in [7, 11) is 0. The summed E-state index contributed by atoms with van der Waals surface area (Å²) < 4.78 is 24.6. The van der Waals surface area contributed by atoms with E-state index in [0.29, 0.717) is 11.3 Å². The maximum absolute atomic E-state index is 13.9. The zero-order valence-corrected chi connectivity index (χ0v) is 15.5. The summed E-state index contributed by atoms with van der Waals surface area (Å²) in [6.07, 6.45) is 0. The number of carbonyl (C=O) groups is 1. The molecule has 0 atom stereocenters. The van der Waals surface area contributed by atoms with Crippen molar-refractivity contribution in [2.45, 2.75) is 12.5 Å². The zero-order valence-electron chi connectivity index (χ0n) is 15.5. The molecular weight excluding hydrogens is 369 g/mol. The Bertz CT molecular complexity index is 1050. The molecule has 0 aliphatic rings. The van der Waals surface area contributed by atoms with Gasteiger partial charge in [-0.1, -0.05) is 78.0 Å². The van der Waals surface area contributed by atoms with Crippen molar-refractivity contribution in [3.63, 3.8) is 0 Å². The fourth-order valence-corrected chi connectivity index (χ4v) is 3.15. The van der Waals surface area contributed by atoms with Crippen molar-refractivity contribution in [1.82, 2.24) is 5.16 Å². The van der Waals surface area contributed by atoms with E-state index in [9.17, 15) is 9.18 Å². The molecule has 0 saturated heterocycles. The van der Waals surface area contributed by atoms with Crippen molar-refractivity contribution >= 4 is 5.97 Å². The fraction of sp³-hybridized carbons (Fsp3) is 0.0833. The average molecular weight is 387 g/mol. The molecule has 4 nitrogen and oxygen atoms in total. The Morgan fingerprint density at radius 1 is 0.897 bits per heavy atom. The summed E-state index contributed by atoms with van der Waals surface area (Å²) in [4.78, 5) is 12.9. The molecule has 0 spiro atoms. The molecule has 0 bridgehead atoms. The van der Waals surface area contributed by atoms with Gasteiger partial charge in [0.1, 0.15) is 24.0 Å². The molecule has 4 aromatic rings. The number of hydrogen-bond acceptors (Lipinski definition) is 4. The van der Waals surface area contributed by atoms with Gasteiger partial charge in [0.25, 0.3) is 0 Å². The molecule has 0 unspecified atom stereocenters. The van der Waals surface area contributed by atoms with Crippen LogP contribution >= 0.6 is 0 Å².